The van der Waals surface area contributed by atoms with Gasteiger partial charge in [0.2, 0.25) is 0 Å². The number of rotatable bonds is 1. The molecule has 3 nitrogen and oxygen atoms in total. The van der Waals surface area contributed by atoms with E-state index < -0.39 is 0 Å². The zero-order valence-electron chi connectivity index (χ0n) is 16.0. The van der Waals surface area contributed by atoms with Gasteiger partial charge in [0.25, 0.3) is 0 Å². The van der Waals surface area contributed by atoms with E-state index in [1.54, 1.807) is 6.07 Å². The van der Waals surface area contributed by atoms with Crippen LogP contribution in [0.15, 0.2) is 72.0 Å². The summed E-state index contributed by atoms with van der Waals surface area (Å²) in [5.41, 5.74) is 2.29. The van der Waals surface area contributed by atoms with Gasteiger partial charge in [-0.1, -0.05) is 62.4 Å². The maximum Gasteiger partial charge on any atom is 0.163 e. The van der Waals surface area contributed by atoms with Gasteiger partial charge in [-0.3, -0.25) is 4.79 Å². The molecule has 1 N–H and O–H groups in total. The van der Waals surface area contributed by atoms with Crippen molar-refractivity contribution in [3.63, 3.8) is 0 Å². The first kappa shape index (κ1) is 17.1. The molecule has 2 aliphatic rings. The summed E-state index contributed by atoms with van der Waals surface area (Å²) >= 11 is 0. The van der Waals surface area contributed by atoms with Gasteiger partial charge in [0.05, 0.1) is 0 Å². The third kappa shape index (κ3) is 2.54. The second-order valence-corrected chi connectivity index (χ2v) is 8.57. The van der Waals surface area contributed by atoms with Crippen LogP contribution in [0, 0.1) is 5.41 Å². The molecule has 0 radical (unpaired) electrons. The summed E-state index contributed by atoms with van der Waals surface area (Å²) in [5, 5.41) is 12.9. The van der Waals surface area contributed by atoms with Gasteiger partial charge < -0.3 is 9.84 Å². The van der Waals surface area contributed by atoms with Crippen LogP contribution in [0.4, 0.5) is 0 Å². The van der Waals surface area contributed by atoms with Crippen molar-refractivity contribution in [3.05, 3.63) is 83.1 Å². The third-order valence-corrected chi connectivity index (χ3v) is 5.87. The van der Waals surface area contributed by atoms with Crippen LogP contribution in [0.3, 0.4) is 0 Å². The summed E-state index contributed by atoms with van der Waals surface area (Å²) in [6, 6.07) is 19.5. The second kappa shape index (κ2) is 5.96. The number of hydrogen-bond donors (Lipinski definition) is 1. The predicted octanol–water partition coefficient (Wildman–Crippen LogP) is 5.71. The minimum absolute atomic E-state index is 0.109. The van der Waals surface area contributed by atoms with Crippen molar-refractivity contribution >= 4 is 16.6 Å². The Morgan fingerprint density at radius 3 is 2.57 bits per heavy atom. The maximum absolute atomic E-state index is 13.3. The fraction of sp³-hybridized carbons (Fsp3) is 0.240. The first-order valence-corrected chi connectivity index (χ1v) is 9.68. The summed E-state index contributed by atoms with van der Waals surface area (Å²) in [7, 11) is 0. The van der Waals surface area contributed by atoms with Gasteiger partial charge in [-0.2, -0.15) is 0 Å². The molecule has 28 heavy (non-hydrogen) atoms. The van der Waals surface area contributed by atoms with Gasteiger partial charge in [0, 0.05) is 35.5 Å². The fourth-order valence-electron chi connectivity index (χ4n) is 4.68. The molecule has 1 aliphatic carbocycles. The van der Waals surface area contributed by atoms with Gasteiger partial charge >= 0.3 is 0 Å². The number of Topliss-reactive ketones (excluding diaryl/α,β-unsaturated/α-hetero) is 1. The molecule has 0 bridgehead atoms. The Hall–Kier alpha value is -3.07. The Labute approximate surface area is 164 Å². The van der Waals surface area contributed by atoms with E-state index in [1.165, 1.54) is 0 Å². The predicted molar refractivity (Wildman–Crippen MR) is 110 cm³/mol. The average Bonchev–Trinajstić information content (AvgIpc) is 2.66. The average molecular weight is 370 g/mol. The van der Waals surface area contributed by atoms with Gasteiger partial charge in [0.15, 0.2) is 5.78 Å². The smallest absolute Gasteiger partial charge is 0.163 e. The quantitative estimate of drug-likeness (QED) is 0.596. The summed E-state index contributed by atoms with van der Waals surface area (Å²) in [6.07, 6.45) is 1.20. The third-order valence-electron chi connectivity index (χ3n) is 5.87. The lowest BCUT2D eigenvalue weighted by atomic mass is 9.69. The number of phenols is 1. The summed E-state index contributed by atoms with van der Waals surface area (Å²) in [5.74, 6) is 1.51. The SMILES string of the molecule is CC1(C)CC(=O)C2=C(C1)Oc1ccccc1C2c1c(O)ccc2ccccc12. The number of ketones is 1. The molecule has 0 amide bonds. The van der Waals surface area contributed by atoms with Crippen molar-refractivity contribution in [3.8, 4) is 11.5 Å². The molecule has 1 atom stereocenters. The summed E-state index contributed by atoms with van der Waals surface area (Å²) < 4.78 is 6.22. The van der Waals surface area contributed by atoms with Crippen LogP contribution in [-0.2, 0) is 4.79 Å². The van der Waals surface area contributed by atoms with Gasteiger partial charge in [0.1, 0.15) is 17.3 Å². The zero-order valence-corrected chi connectivity index (χ0v) is 16.0. The number of para-hydroxylation sites is 1. The molecule has 0 spiro atoms. The monoisotopic (exact) mass is 370 g/mol. The number of allylic oxidation sites excluding steroid dienone is 2. The van der Waals surface area contributed by atoms with E-state index in [4.69, 9.17) is 4.74 Å². The Morgan fingerprint density at radius 2 is 1.71 bits per heavy atom. The van der Waals surface area contributed by atoms with Crippen molar-refractivity contribution in [1.82, 2.24) is 0 Å². The number of hydrogen-bond acceptors (Lipinski definition) is 3. The van der Waals surface area contributed by atoms with Crippen LogP contribution in [0.1, 0.15) is 43.7 Å². The Morgan fingerprint density at radius 1 is 0.964 bits per heavy atom. The molecule has 5 rings (SSSR count). The Bertz CT molecular complexity index is 1150. The molecule has 1 heterocycles. The number of carbonyl (C=O) groups is 1. The van der Waals surface area contributed by atoms with E-state index in [0.717, 1.165) is 33.4 Å². The van der Waals surface area contributed by atoms with Gasteiger partial charge in [-0.25, -0.2) is 0 Å². The molecule has 1 aliphatic heterocycles. The highest BCUT2D eigenvalue weighted by Crippen LogP contribution is 2.52. The molecule has 3 aromatic carbocycles. The van der Waals surface area contributed by atoms with Crippen molar-refractivity contribution < 1.29 is 14.6 Å². The maximum atomic E-state index is 13.3. The van der Waals surface area contributed by atoms with E-state index in [9.17, 15) is 9.90 Å². The van der Waals surface area contributed by atoms with Crippen molar-refractivity contribution in [1.29, 1.82) is 0 Å². The highest BCUT2D eigenvalue weighted by molar-refractivity contribution is 6.02. The molecule has 3 aromatic rings. The topological polar surface area (TPSA) is 46.5 Å². The van der Waals surface area contributed by atoms with E-state index in [2.05, 4.69) is 13.8 Å². The minimum atomic E-state index is -0.324. The second-order valence-electron chi connectivity index (χ2n) is 8.57. The molecule has 1 unspecified atom stereocenters. The summed E-state index contributed by atoms with van der Waals surface area (Å²) in [6.45, 7) is 4.20. The number of benzene rings is 3. The Balaban J connectivity index is 1.84. The van der Waals surface area contributed by atoms with Crippen molar-refractivity contribution in [2.45, 2.75) is 32.6 Å². The fourth-order valence-corrected chi connectivity index (χ4v) is 4.68. The van der Waals surface area contributed by atoms with E-state index in [-0.39, 0.29) is 22.9 Å². The number of ether oxygens (including phenoxy) is 1. The lowest BCUT2D eigenvalue weighted by Crippen LogP contribution is -2.32. The van der Waals surface area contributed by atoms with Gasteiger partial charge in [-0.05, 0) is 28.3 Å². The highest BCUT2D eigenvalue weighted by atomic mass is 16.5. The molecule has 0 fully saturated rings. The zero-order chi connectivity index (χ0) is 19.5. The molecule has 140 valence electrons. The van der Waals surface area contributed by atoms with Crippen LogP contribution >= 0.6 is 0 Å². The van der Waals surface area contributed by atoms with Crippen molar-refractivity contribution in [2.75, 3.05) is 0 Å². The summed E-state index contributed by atoms with van der Waals surface area (Å²) in [4.78, 5) is 13.3. The molecular formula is C25H22O3. The Kier molecular flexibility index (Phi) is 3.63. The molecule has 0 aromatic heterocycles. The lowest BCUT2D eigenvalue weighted by Gasteiger charge is -2.38. The number of phenolic OH excluding ortho intramolecular Hbond substituents is 1. The van der Waals surface area contributed by atoms with Crippen LogP contribution < -0.4 is 4.74 Å². The first-order valence-electron chi connectivity index (χ1n) is 9.68. The number of fused-ring (bicyclic) bond motifs is 2. The van der Waals surface area contributed by atoms with Crippen LogP contribution in [0.5, 0.6) is 11.5 Å². The minimum Gasteiger partial charge on any atom is -0.508 e. The van der Waals surface area contributed by atoms with Gasteiger partial charge in [-0.15, -0.1) is 0 Å². The molecular weight excluding hydrogens is 348 g/mol. The van der Waals surface area contributed by atoms with E-state index in [0.29, 0.717) is 18.4 Å². The van der Waals surface area contributed by atoms with E-state index >= 15 is 0 Å². The van der Waals surface area contributed by atoms with Crippen molar-refractivity contribution in [2.24, 2.45) is 5.41 Å². The lowest BCUT2D eigenvalue weighted by molar-refractivity contribution is -0.118. The number of aromatic hydroxyl groups is 1. The van der Waals surface area contributed by atoms with Crippen LogP contribution in [-0.4, -0.2) is 10.9 Å². The number of carbonyl (C=O) groups excluding carboxylic acids is 1. The molecule has 0 saturated heterocycles. The highest BCUT2D eigenvalue weighted by Gasteiger charge is 2.43. The first-order chi connectivity index (χ1) is 13.4. The standard InChI is InChI=1S/C25H22O3/c1-25(2)13-19(27)24-21(14-25)28-20-10-6-5-9-17(20)23(24)22-16-8-4-3-7-15(16)11-12-18(22)26/h3-12,23,26H,13-14H2,1-2H3. The molecule has 3 heteroatoms. The normalized spacial score (nSPS) is 20.5. The largest absolute Gasteiger partial charge is 0.508 e. The van der Waals surface area contributed by atoms with Crippen LogP contribution in [0.25, 0.3) is 10.8 Å². The van der Waals surface area contributed by atoms with E-state index in [1.807, 2.05) is 54.6 Å². The van der Waals surface area contributed by atoms with Crippen LogP contribution in [0.2, 0.25) is 0 Å². The molecule has 0 saturated carbocycles.